The van der Waals surface area contributed by atoms with Gasteiger partial charge in [-0.25, -0.2) is 0 Å². The number of fused-ring (bicyclic) bond motifs is 1. The number of carbonyl (C=O) groups excluding carboxylic acids is 1. The molecule has 1 aliphatic carbocycles. The van der Waals surface area contributed by atoms with Crippen molar-refractivity contribution in [2.75, 3.05) is 11.9 Å². The Kier molecular flexibility index (Phi) is 3.66. The third kappa shape index (κ3) is 2.91. The molecule has 3 N–H and O–H groups in total. The van der Waals surface area contributed by atoms with E-state index in [9.17, 15) is 4.79 Å². The lowest BCUT2D eigenvalue weighted by molar-refractivity contribution is -0.120. The van der Waals surface area contributed by atoms with Crippen LogP contribution in [0, 0.1) is 11.8 Å². The van der Waals surface area contributed by atoms with Crippen LogP contribution in [-0.2, 0) is 11.2 Å². The molecule has 0 saturated heterocycles. The van der Waals surface area contributed by atoms with Crippen LogP contribution in [0.3, 0.4) is 0 Å². The third-order valence-electron chi connectivity index (χ3n) is 4.63. The van der Waals surface area contributed by atoms with Gasteiger partial charge in [-0.05, 0) is 57.4 Å². The van der Waals surface area contributed by atoms with E-state index >= 15 is 0 Å². The van der Waals surface area contributed by atoms with Crippen molar-refractivity contribution in [1.82, 2.24) is 0 Å². The summed E-state index contributed by atoms with van der Waals surface area (Å²) < 4.78 is 5.86. The van der Waals surface area contributed by atoms with Crippen molar-refractivity contribution in [3.8, 4) is 5.75 Å². The van der Waals surface area contributed by atoms with Crippen LogP contribution in [0.2, 0.25) is 0 Å². The summed E-state index contributed by atoms with van der Waals surface area (Å²) in [5, 5.41) is 3.06. The highest BCUT2D eigenvalue weighted by molar-refractivity contribution is 5.93. The van der Waals surface area contributed by atoms with E-state index < -0.39 is 0 Å². The summed E-state index contributed by atoms with van der Waals surface area (Å²) in [6, 6.07) is 5.91. The molecule has 1 amide bonds. The molecule has 1 aromatic rings. The van der Waals surface area contributed by atoms with E-state index in [1.807, 2.05) is 18.2 Å². The van der Waals surface area contributed by atoms with E-state index in [0.29, 0.717) is 12.5 Å². The van der Waals surface area contributed by atoms with Gasteiger partial charge in [0, 0.05) is 23.6 Å². The largest absolute Gasteiger partial charge is 0.487 e. The Bertz CT molecular complexity index is 554. The summed E-state index contributed by atoms with van der Waals surface area (Å²) >= 11 is 0. The summed E-state index contributed by atoms with van der Waals surface area (Å²) in [5.74, 6) is 1.44. The first-order chi connectivity index (χ1) is 9.98. The number of ether oxygens (including phenoxy) is 1. The molecule has 114 valence electrons. The Morgan fingerprint density at radius 2 is 2.24 bits per heavy atom. The molecule has 2 aliphatic rings. The zero-order valence-electron chi connectivity index (χ0n) is 12.8. The highest BCUT2D eigenvalue weighted by Crippen LogP contribution is 2.37. The Hall–Kier alpha value is -1.55. The number of carbonyl (C=O) groups is 1. The van der Waals surface area contributed by atoms with Crippen LogP contribution in [0.15, 0.2) is 18.2 Å². The molecule has 0 unspecified atom stereocenters. The molecule has 1 heterocycles. The van der Waals surface area contributed by atoms with E-state index in [4.69, 9.17) is 10.5 Å². The standard InChI is InChI=1S/C17H24N2O2/c1-17(2)9-12-8-13(6-7-15(12)21-17)19-16(20)14-5-3-4-11(14)10-18/h6-8,11,14H,3-5,9-10,18H2,1-2H3,(H,19,20)/t11-,14-/m1/s1. The Morgan fingerprint density at radius 1 is 1.43 bits per heavy atom. The zero-order chi connectivity index (χ0) is 15.0. The average Bonchev–Trinajstić information content (AvgIpc) is 3.00. The lowest BCUT2D eigenvalue weighted by Crippen LogP contribution is -2.29. The molecule has 1 fully saturated rings. The van der Waals surface area contributed by atoms with E-state index in [1.54, 1.807) is 0 Å². The van der Waals surface area contributed by atoms with Crippen LogP contribution in [0.5, 0.6) is 5.75 Å². The minimum atomic E-state index is -0.152. The molecule has 1 saturated carbocycles. The topological polar surface area (TPSA) is 64.4 Å². The van der Waals surface area contributed by atoms with Crippen LogP contribution in [0.25, 0.3) is 0 Å². The maximum atomic E-state index is 12.4. The third-order valence-corrected chi connectivity index (χ3v) is 4.63. The number of anilines is 1. The first-order valence-corrected chi connectivity index (χ1v) is 7.81. The molecule has 0 bridgehead atoms. The van der Waals surface area contributed by atoms with Gasteiger partial charge in [0.25, 0.3) is 0 Å². The molecular weight excluding hydrogens is 264 g/mol. The van der Waals surface area contributed by atoms with Crippen molar-refractivity contribution in [1.29, 1.82) is 0 Å². The first kappa shape index (κ1) is 14.4. The van der Waals surface area contributed by atoms with Gasteiger partial charge in [-0.3, -0.25) is 4.79 Å². The van der Waals surface area contributed by atoms with Crippen molar-refractivity contribution in [3.05, 3.63) is 23.8 Å². The number of benzene rings is 1. The van der Waals surface area contributed by atoms with E-state index in [-0.39, 0.29) is 17.4 Å². The molecule has 2 atom stereocenters. The Morgan fingerprint density at radius 3 is 3.00 bits per heavy atom. The predicted octanol–water partition coefficient (Wildman–Crippen LogP) is 2.71. The second kappa shape index (κ2) is 5.34. The lowest BCUT2D eigenvalue weighted by atomic mass is 9.95. The number of rotatable bonds is 3. The first-order valence-electron chi connectivity index (χ1n) is 7.81. The molecule has 0 spiro atoms. The smallest absolute Gasteiger partial charge is 0.227 e. The highest BCUT2D eigenvalue weighted by atomic mass is 16.5. The molecule has 0 aromatic heterocycles. The van der Waals surface area contributed by atoms with E-state index in [2.05, 4.69) is 19.2 Å². The number of hydrogen-bond donors (Lipinski definition) is 2. The molecule has 4 nitrogen and oxygen atoms in total. The second-order valence-electron chi connectivity index (χ2n) is 6.88. The van der Waals surface area contributed by atoms with Crippen LogP contribution >= 0.6 is 0 Å². The maximum absolute atomic E-state index is 12.4. The van der Waals surface area contributed by atoms with Gasteiger partial charge in [0.2, 0.25) is 5.91 Å². The summed E-state index contributed by atoms with van der Waals surface area (Å²) in [6.45, 7) is 4.76. The van der Waals surface area contributed by atoms with Gasteiger partial charge in [-0.15, -0.1) is 0 Å². The second-order valence-corrected chi connectivity index (χ2v) is 6.88. The van der Waals surface area contributed by atoms with Gasteiger partial charge in [0.1, 0.15) is 11.4 Å². The number of amides is 1. The average molecular weight is 288 g/mol. The van der Waals surface area contributed by atoms with Crippen LogP contribution in [0.1, 0.15) is 38.7 Å². The fourth-order valence-corrected chi connectivity index (χ4v) is 3.59. The quantitative estimate of drug-likeness (QED) is 0.899. The van der Waals surface area contributed by atoms with Crippen molar-refractivity contribution >= 4 is 11.6 Å². The molecule has 21 heavy (non-hydrogen) atoms. The van der Waals surface area contributed by atoms with Crippen molar-refractivity contribution in [2.24, 2.45) is 17.6 Å². The summed E-state index contributed by atoms with van der Waals surface area (Å²) in [6.07, 6.45) is 4.00. The lowest BCUT2D eigenvalue weighted by Gasteiger charge is -2.17. The van der Waals surface area contributed by atoms with Gasteiger partial charge in [0.15, 0.2) is 0 Å². The van der Waals surface area contributed by atoms with Crippen LogP contribution in [-0.4, -0.2) is 18.1 Å². The van der Waals surface area contributed by atoms with Crippen molar-refractivity contribution in [2.45, 2.75) is 45.1 Å². The van der Waals surface area contributed by atoms with Crippen molar-refractivity contribution < 1.29 is 9.53 Å². The number of nitrogens with one attached hydrogen (secondary N) is 1. The normalized spacial score (nSPS) is 26.2. The molecule has 4 heteroatoms. The van der Waals surface area contributed by atoms with Gasteiger partial charge < -0.3 is 15.8 Å². The maximum Gasteiger partial charge on any atom is 0.227 e. The number of hydrogen-bond acceptors (Lipinski definition) is 3. The zero-order valence-corrected chi connectivity index (χ0v) is 12.8. The minimum Gasteiger partial charge on any atom is -0.487 e. The van der Waals surface area contributed by atoms with Crippen LogP contribution < -0.4 is 15.8 Å². The summed E-state index contributed by atoms with van der Waals surface area (Å²) in [4.78, 5) is 12.4. The summed E-state index contributed by atoms with van der Waals surface area (Å²) in [5.41, 5.74) is 7.64. The Labute approximate surface area is 126 Å². The summed E-state index contributed by atoms with van der Waals surface area (Å²) in [7, 11) is 0. The van der Waals surface area contributed by atoms with E-state index in [1.165, 1.54) is 5.56 Å². The van der Waals surface area contributed by atoms with Gasteiger partial charge in [0.05, 0.1) is 0 Å². The SMILES string of the molecule is CC1(C)Cc2cc(NC(=O)[C@@H]3CCC[C@@H]3CN)ccc2O1. The Balaban J connectivity index is 1.70. The fourth-order valence-electron chi connectivity index (χ4n) is 3.59. The van der Waals surface area contributed by atoms with Gasteiger partial charge in [-0.2, -0.15) is 0 Å². The van der Waals surface area contributed by atoms with E-state index in [0.717, 1.165) is 37.1 Å². The molecular formula is C17H24N2O2. The number of nitrogens with two attached hydrogens (primary N) is 1. The molecule has 1 aliphatic heterocycles. The van der Waals surface area contributed by atoms with Crippen molar-refractivity contribution in [3.63, 3.8) is 0 Å². The van der Waals surface area contributed by atoms with Crippen LogP contribution in [0.4, 0.5) is 5.69 Å². The molecule has 3 rings (SSSR count). The van der Waals surface area contributed by atoms with Gasteiger partial charge >= 0.3 is 0 Å². The van der Waals surface area contributed by atoms with Gasteiger partial charge in [-0.1, -0.05) is 6.42 Å². The molecule has 1 aromatic carbocycles. The highest BCUT2D eigenvalue weighted by Gasteiger charge is 2.33. The monoisotopic (exact) mass is 288 g/mol. The predicted molar refractivity (Wildman–Crippen MR) is 83.4 cm³/mol. The molecule has 0 radical (unpaired) electrons. The minimum absolute atomic E-state index is 0.0657. The fraction of sp³-hybridized carbons (Fsp3) is 0.588.